The molecular weight excluding hydrogens is 379 g/mol. The maximum Gasteiger partial charge on any atom is 0.257 e. The molecule has 1 rings (SSSR count). The molecule has 1 unspecified atom stereocenters. The van der Waals surface area contributed by atoms with Gasteiger partial charge in [-0.05, 0) is 59.9 Å². The minimum Gasteiger partial charge on any atom is -0.496 e. The number of methoxy groups -OCH3 is 1. The molecule has 0 aliphatic rings. The van der Waals surface area contributed by atoms with Crippen LogP contribution in [0.3, 0.4) is 0 Å². The molecule has 0 aromatic heterocycles. The van der Waals surface area contributed by atoms with Gasteiger partial charge in [0, 0.05) is 12.1 Å². The van der Waals surface area contributed by atoms with Crippen molar-refractivity contribution in [2.75, 3.05) is 13.7 Å². The molecule has 0 heterocycles. The predicted octanol–water partition coefficient (Wildman–Crippen LogP) is 1.28. The number of carbonyl (C=O) groups is 1. The number of amides is 1. The van der Waals surface area contributed by atoms with Crippen LogP contribution in [0.4, 0.5) is 0 Å². The molecule has 1 amide bonds. The Labute approximate surface area is 130 Å². The summed E-state index contributed by atoms with van der Waals surface area (Å²) in [5.74, 6) is 0.413. The Balaban J connectivity index is 2.63. The molecule has 5 nitrogen and oxygen atoms in total. The Morgan fingerprint density at radius 1 is 1.58 bits per heavy atom. The maximum atomic E-state index is 11.9. The summed E-state index contributed by atoms with van der Waals surface area (Å²) in [6.45, 7) is 1.92. The lowest BCUT2D eigenvalue weighted by Gasteiger charge is -2.11. The molecule has 1 atom stereocenters. The molecule has 0 saturated heterocycles. The number of ether oxygens (including phenoxy) is 1. The molecule has 104 valence electrons. The van der Waals surface area contributed by atoms with E-state index in [-0.39, 0.29) is 11.0 Å². The van der Waals surface area contributed by atoms with Crippen LogP contribution >= 0.6 is 34.8 Å². The van der Waals surface area contributed by atoms with Gasteiger partial charge in [0.2, 0.25) is 0 Å². The van der Waals surface area contributed by atoms with Crippen molar-refractivity contribution in [3.8, 4) is 5.75 Å². The highest BCUT2D eigenvalue weighted by Crippen LogP contribution is 2.21. The number of hydrogen-bond acceptors (Lipinski definition) is 4. The van der Waals surface area contributed by atoms with Gasteiger partial charge in [0.05, 0.1) is 16.8 Å². The lowest BCUT2D eigenvalue weighted by Crippen LogP contribution is -2.41. The van der Waals surface area contributed by atoms with E-state index < -0.39 is 6.10 Å². The number of halogens is 1. The highest BCUT2D eigenvalue weighted by atomic mass is 127. The van der Waals surface area contributed by atoms with Crippen LogP contribution in [0.25, 0.3) is 0 Å². The molecule has 0 fully saturated rings. The van der Waals surface area contributed by atoms with Crippen molar-refractivity contribution >= 4 is 45.8 Å². The molecule has 1 aromatic carbocycles. The van der Waals surface area contributed by atoms with Gasteiger partial charge in [-0.25, -0.2) is 0 Å². The van der Waals surface area contributed by atoms with E-state index in [9.17, 15) is 4.79 Å². The van der Waals surface area contributed by atoms with Gasteiger partial charge in [0.15, 0.2) is 5.11 Å². The fourth-order valence-electron chi connectivity index (χ4n) is 1.27. The van der Waals surface area contributed by atoms with Crippen LogP contribution in [0.1, 0.15) is 17.3 Å². The summed E-state index contributed by atoms with van der Waals surface area (Å²) in [4.78, 5) is 11.9. The van der Waals surface area contributed by atoms with E-state index in [1.807, 2.05) is 0 Å². The minimum absolute atomic E-state index is 0.191. The summed E-state index contributed by atoms with van der Waals surface area (Å²) in [6, 6.07) is 5.10. The van der Waals surface area contributed by atoms with Gasteiger partial charge in [-0.3, -0.25) is 10.1 Å². The summed E-state index contributed by atoms with van der Waals surface area (Å²) in [5.41, 5.74) is 0.492. The number of rotatable bonds is 4. The smallest absolute Gasteiger partial charge is 0.257 e. The third-order valence-corrected chi connectivity index (χ3v) is 3.29. The average Bonchev–Trinajstić information content (AvgIpc) is 2.36. The predicted molar refractivity (Wildman–Crippen MR) is 85.5 cm³/mol. The summed E-state index contributed by atoms with van der Waals surface area (Å²) in [7, 11) is 1.58. The van der Waals surface area contributed by atoms with Crippen molar-refractivity contribution in [1.82, 2.24) is 10.6 Å². The van der Waals surface area contributed by atoms with E-state index in [2.05, 4.69) is 33.2 Å². The Morgan fingerprint density at radius 3 is 2.79 bits per heavy atom. The van der Waals surface area contributed by atoms with Crippen molar-refractivity contribution in [1.29, 1.82) is 0 Å². The highest BCUT2D eigenvalue weighted by molar-refractivity contribution is 14.1. The molecule has 0 aliphatic heterocycles. The normalized spacial score (nSPS) is 11.6. The van der Waals surface area contributed by atoms with Gasteiger partial charge in [-0.2, -0.15) is 0 Å². The molecule has 7 heteroatoms. The van der Waals surface area contributed by atoms with Crippen LogP contribution < -0.4 is 15.4 Å². The quantitative estimate of drug-likeness (QED) is 0.531. The average molecular weight is 394 g/mol. The monoisotopic (exact) mass is 394 g/mol. The molecule has 0 aliphatic carbocycles. The first-order valence-corrected chi connectivity index (χ1v) is 7.03. The van der Waals surface area contributed by atoms with Crippen LogP contribution in [0.5, 0.6) is 5.75 Å². The lowest BCUT2D eigenvalue weighted by atomic mass is 10.2. The fourth-order valence-corrected chi connectivity index (χ4v) is 2.18. The van der Waals surface area contributed by atoms with E-state index in [1.165, 1.54) is 0 Å². The highest BCUT2D eigenvalue weighted by Gasteiger charge is 2.10. The van der Waals surface area contributed by atoms with Crippen LogP contribution in [0.15, 0.2) is 18.2 Å². The fraction of sp³-hybridized carbons (Fsp3) is 0.333. The van der Waals surface area contributed by atoms with Gasteiger partial charge >= 0.3 is 0 Å². The maximum absolute atomic E-state index is 11.9. The van der Waals surface area contributed by atoms with Crippen LogP contribution in [0, 0.1) is 3.57 Å². The van der Waals surface area contributed by atoms with Crippen LogP contribution in [-0.2, 0) is 0 Å². The number of benzene rings is 1. The van der Waals surface area contributed by atoms with Crippen molar-refractivity contribution < 1.29 is 14.6 Å². The van der Waals surface area contributed by atoms with Crippen LogP contribution in [-0.4, -0.2) is 35.9 Å². The van der Waals surface area contributed by atoms with Crippen LogP contribution in [0.2, 0.25) is 0 Å². The van der Waals surface area contributed by atoms with Gasteiger partial charge in [0.1, 0.15) is 5.75 Å². The van der Waals surface area contributed by atoms with Crippen molar-refractivity contribution in [3.63, 3.8) is 0 Å². The Morgan fingerprint density at radius 2 is 2.26 bits per heavy atom. The molecular formula is C12H15IN2O3S. The second-order valence-corrected chi connectivity index (χ2v) is 5.43. The Kier molecular flexibility index (Phi) is 6.46. The van der Waals surface area contributed by atoms with Gasteiger partial charge in [0.25, 0.3) is 5.91 Å². The first-order valence-electron chi connectivity index (χ1n) is 5.54. The molecule has 0 saturated carbocycles. The standard InChI is InChI=1S/C12H15IN2O3S/c1-7(16)6-14-12(19)15-11(17)8-3-4-10(18-2)9(13)5-8/h3-5,7,16H,6H2,1-2H3,(H2,14,15,17,19). The Hall–Kier alpha value is -0.930. The molecule has 3 N–H and O–H groups in total. The number of aliphatic hydroxyl groups is 1. The zero-order valence-corrected chi connectivity index (χ0v) is 13.5. The number of hydrogen-bond donors (Lipinski definition) is 3. The largest absolute Gasteiger partial charge is 0.496 e. The minimum atomic E-state index is -0.531. The SMILES string of the molecule is COc1ccc(C(=O)NC(=S)NCC(C)O)cc1I. The third kappa shape index (κ3) is 5.29. The molecule has 0 radical (unpaired) electrons. The molecule has 0 spiro atoms. The third-order valence-electron chi connectivity index (χ3n) is 2.20. The van der Waals surface area contributed by atoms with Gasteiger partial charge < -0.3 is 15.2 Å². The lowest BCUT2D eigenvalue weighted by molar-refractivity contribution is 0.0976. The second kappa shape index (κ2) is 7.61. The van der Waals surface area contributed by atoms with E-state index in [1.54, 1.807) is 32.2 Å². The molecule has 1 aromatic rings. The Bertz CT molecular complexity index is 480. The van der Waals surface area contributed by atoms with E-state index in [4.69, 9.17) is 22.1 Å². The topological polar surface area (TPSA) is 70.6 Å². The first-order chi connectivity index (χ1) is 8.93. The van der Waals surface area contributed by atoms with E-state index in [0.29, 0.717) is 17.9 Å². The first kappa shape index (κ1) is 16.1. The van der Waals surface area contributed by atoms with Crippen molar-refractivity contribution in [2.24, 2.45) is 0 Å². The van der Waals surface area contributed by atoms with Crippen molar-refractivity contribution in [3.05, 3.63) is 27.3 Å². The number of carbonyl (C=O) groups excluding carboxylic acids is 1. The number of thiocarbonyl (C=S) groups is 1. The summed E-state index contributed by atoms with van der Waals surface area (Å²) in [5, 5.41) is 14.6. The van der Waals surface area contributed by atoms with E-state index >= 15 is 0 Å². The van der Waals surface area contributed by atoms with Gasteiger partial charge in [-0.15, -0.1) is 0 Å². The van der Waals surface area contributed by atoms with Gasteiger partial charge in [-0.1, -0.05) is 0 Å². The second-order valence-electron chi connectivity index (χ2n) is 3.86. The summed E-state index contributed by atoms with van der Waals surface area (Å²) < 4.78 is 5.96. The zero-order chi connectivity index (χ0) is 14.4. The molecule has 19 heavy (non-hydrogen) atoms. The number of nitrogens with one attached hydrogen (secondary N) is 2. The van der Waals surface area contributed by atoms with E-state index in [0.717, 1.165) is 3.57 Å². The summed E-state index contributed by atoms with van der Waals surface area (Å²) in [6.07, 6.45) is -0.531. The summed E-state index contributed by atoms with van der Waals surface area (Å²) >= 11 is 7.04. The zero-order valence-electron chi connectivity index (χ0n) is 10.6. The van der Waals surface area contributed by atoms with Crippen molar-refractivity contribution in [2.45, 2.75) is 13.0 Å². The number of aliphatic hydroxyl groups excluding tert-OH is 1. The molecule has 0 bridgehead atoms.